The number of hydrogen-bond acceptors (Lipinski definition) is 2. The van der Waals surface area contributed by atoms with Crippen LogP contribution in [0.3, 0.4) is 0 Å². The van der Waals surface area contributed by atoms with Crippen molar-refractivity contribution in [3.8, 4) is 0 Å². The third-order valence-electron chi connectivity index (χ3n) is 2.32. The summed E-state index contributed by atoms with van der Waals surface area (Å²) in [6.45, 7) is 1.48. The topological polar surface area (TPSA) is 41.1 Å². The van der Waals surface area contributed by atoms with E-state index in [1.165, 1.54) is 6.92 Å². The molecule has 0 bridgehead atoms. The Bertz CT molecular complexity index is 552. The molecule has 0 spiro atoms. The van der Waals surface area contributed by atoms with Crippen LogP contribution in [-0.4, -0.2) is 5.91 Å². The highest BCUT2D eigenvalue weighted by atomic mass is 35.5. The van der Waals surface area contributed by atoms with Gasteiger partial charge in [-0.2, -0.15) is 0 Å². The lowest BCUT2D eigenvalue weighted by atomic mass is 10.2. The number of amides is 1. The molecular weight excluding hydrogens is 248 g/mol. The molecule has 4 heteroatoms. The van der Waals surface area contributed by atoms with Crippen molar-refractivity contribution in [3.05, 3.63) is 53.6 Å². The monoisotopic (exact) mass is 260 g/mol. The predicted octanol–water partition coefficient (Wildman–Crippen LogP) is 4.04. The van der Waals surface area contributed by atoms with Gasteiger partial charge >= 0.3 is 0 Å². The summed E-state index contributed by atoms with van der Waals surface area (Å²) in [7, 11) is 0. The van der Waals surface area contributed by atoms with Crippen LogP contribution in [0, 0.1) is 0 Å². The summed E-state index contributed by atoms with van der Waals surface area (Å²) in [4.78, 5) is 10.9. The van der Waals surface area contributed by atoms with Crippen LogP contribution in [0.15, 0.2) is 48.5 Å². The fourth-order valence-electron chi connectivity index (χ4n) is 1.57. The fraction of sp³-hybridized carbons (Fsp3) is 0.0714. The molecule has 0 aliphatic carbocycles. The zero-order valence-corrected chi connectivity index (χ0v) is 10.7. The Kier molecular flexibility index (Phi) is 3.85. The van der Waals surface area contributed by atoms with E-state index in [4.69, 9.17) is 11.6 Å². The summed E-state index contributed by atoms with van der Waals surface area (Å²) < 4.78 is 0. The zero-order chi connectivity index (χ0) is 13.0. The maximum Gasteiger partial charge on any atom is 0.221 e. The summed E-state index contributed by atoms with van der Waals surface area (Å²) in [5, 5.41) is 6.63. The van der Waals surface area contributed by atoms with Crippen LogP contribution in [0.4, 0.5) is 17.1 Å². The molecular formula is C14H13ClN2O. The molecule has 0 aliphatic heterocycles. The lowest BCUT2D eigenvalue weighted by molar-refractivity contribution is -0.114. The molecule has 0 aliphatic rings. The highest BCUT2D eigenvalue weighted by Gasteiger charge is 1.98. The molecule has 0 saturated heterocycles. The molecule has 18 heavy (non-hydrogen) atoms. The van der Waals surface area contributed by atoms with E-state index in [-0.39, 0.29) is 5.91 Å². The molecule has 0 heterocycles. The van der Waals surface area contributed by atoms with Crippen molar-refractivity contribution in [2.24, 2.45) is 0 Å². The molecule has 0 aromatic heterocycles. The van der Waals surface area contributed by atoms with Gasteiger partial charge in [0.05, 0.1) is 0 Å². The van der Waals surface area contributed by atoms with Crippen LogP contribution >= 0.6 is 11.6 Å². The molecule has 2 N–H and O–H groups in total. The van der Waals surface area contributed by atoms with Crippen molar-refractivity contribution in [1.82, 2.24) is 0 Å². The Labute approximate surface area is 111 Å². The van der Waals surface area contributed by atoms with Gasteiger partial charge in [-0.15, -0.1) is 0 Å². The maximum absolute atomic E-state index is 10.9. The Balaban J connectivity index is 2.08. The number of rotatable bonds is 3. The first kappa shape index (κ1) is 12.5. The Morgan fingerprint density at radius 3 is 2.28 bits per heavy atom. The van der Waals surface area contributed by atoms with Gasteiger partial charge in [-0.05, 0) is 42.5 Å². The van der Waals surface area contributed by atoms with Crippen LogP contribution in [-0.2, 0) is 4.79 Å². The van der Waals surface area contributed by atoms with E-state index in [9.17, 15) is 4.79 Å². The molecule has 3 nitrogen and oxygen atoms in total. The number of nitrogens with one attached hydrogen (secondary N) is 2. The number of halogens is 1. The second-order valence-electron chi connectivity index (χ2n) is 3.89. The summed E-state index contributed by atoms with van der Waals surface area (Å²) in [6, 6.07) is 15.0. The van der Waals surface area contributed by atoms with Crippen LogP contribution in [0.1, 0.15) is 6.92 Å². The molecule has 2 aromatic carbocycles. The number of carbonyl (C=O) groups excluding carboxylic acids is 1. The maximum atomic E-state index is 10.9. The molecule has 0 saturated carbocycles. The van der Waals surface area contributed by atoms with E-state index in [0.717, 1.165) is 17.1 Å². The molecule has 0 fully saturated rings. The van der Waals surface area contributed by atoms with Gasteiger partial charge < -0.3 is 10.6 Å². The van der Waals surface area contributed by atoms with Gasteiger partial charge in [0, 0.05) is 29.0 Å². The van der Waals surface area contributed by atoms with Crippen LogP contribution in [0.25, 0.3) is 0 Å². The molecule has 2 rings (SSSR count). The third kappa shape index (κ3) is 3.50. The van der Waals surface area contributed by atoms with Gasteiger partial charge in [0.15, 0.2) is 0 Å². The molecule has 0 radical (unpaired) electrons. The van der Waals surface area contributed by atoms with Crippen LogP contribution in [0.5, 0.6) is 0 Å². The standard InChI is InChI=1S/C14H13ClN2O/c1-10(18)16-12-5-7-13(8-6-12)17-14-4-2-3-11(15)9-14/h2-9,17H,1H3,(H,16,18). The SMILES string of the molecule is CC(=O)Nc1ccc(Nc2cccc(Cl)c2)cc1. The van der Waals surface area contributed by atoms with Crippen molar-refractivity contribution in [2.45, 2.75) is 6.92 Å². The van der Waals surface area contributed by atoms with Crippen molar-refractivity contribution in [3.63, 3.8) is 0 Å². The van der Waals surface area contributed by atoms with Crippen LogP contribution in [0.2, 0.25) is 5.02 Å². The van der Waals surface area contributed by atoms with Crippen molar-refractivity contribution in [1.29, 1.82) is 0 Å². The quantitative estimate of drug-likeness (QED) is 0.874. The summed E-state index contributed by atoms with van der Waals surface area (Å²) in [6.07, 6.45) is 0. The first-order chi connectivity index (χ1) is 8.63. The van der Waals surface area contributed by atoms with Crippen molar-refractivity contribution < 1.29 is 4.79 Å². The van der Waals surface area contributed by atoms with Gasteiger partial charge in [-0.3, -0.25) is 4.79 Å². The number of benzene rings is 2. The number of anilines is 3. The second-order valence-corrected chi connectivity index (χ2v) is 4.33. The Hall–Kier alpha value is -2.00. The van der Waals surface area contributed by atoms with Gasteiger partial charge in [0.2, 0.25) is 5.91 Å². The minimum atomic E-state index is -0.0782. The smallest absolute Gasteiger partial charge is 0.221 e. The first-order valence-electron chi connectivity index (χ1n) is 5.54. The first-order valence-corrected chi connectivity index (χ1v) is 5.91. The van der Waals surface area contributed by atoms with E-state index < -0.39 is 0 Å². The van der Waals surface area contributed by atoms with E-state index in [0.29, 0.717) is 5.02 Å². The van der Waals surface area contributed by atoms with Crippen molar-refractivity contribution >= 4 is 34.6 Å². The largest absolute Gasteiger partial charge is 0.355 e. The van der Waals surface area contributed by atoms with E-state index in [1.54, 1.807) is 0 Å². The van der Waals surface area contributed by atoms with Gasteiger partial charge in [0.25, 0.3) is 0 Å². The average molecular weight is 261 g/mol. The Morgan fingerprint density at radius 2 is 1.67 bits per heavy atom. The summed E-state index contributed by atoms with van der Waals surface area (Å²) in [5.41, 5.74) is 2.64. The lowest BCUT2D eigenvalue weighted by Gasteiger charge is -2.08. The Morgan fingerprint density at radius 1 is 1.00 bits per heavy atom. The van der Waals surface area contributed by atoms with Crippen LogP contribution < -0.4 is 10.6 Å². The number of hydrogen-bond donors (Lipinski definition) is 2. The van der Waals surface area contributed by atoms with Gasteiger partial charge in [-0.25, -0.2) is 0 Å². The zero-order valence-electron chi connectivity index (χ0n) is 9.91. The average Bonchev–Trinajstić information content (AvgIpc) is 2.31. The van der Waals surface area contributed by atoms with E-state index >= 15 is 0 Å². The molecule has 92 valence electrons. The van der Waals surface area contributed by atoms with Crippen molar-refractivity contribution in [2.75, 3.05) is 10.6 Å². The number of carbonyl (C=O) groups is 1. The lowest BCUT2D eigenvalue weighted by Crippen LogP contribution is -2.05. The fourth-order valence-corrected chi connectivity index (χ4v) is 1.76. The van der Waals surface area contributed by atoms with E-state index in [2.05, 4.69) is 10.6 Å². The molecule has 1 amide bonds. The van der Waals surface area contributed by atoms with Gasteiger partial charge in [0.1, 0.15) is 0 Å². The third-order valence-corrected chi connectivity index (χ3v) is 2.55. The minimum Gasteiger partial charge on any atom is -0.355 e. The highest BCUT2D eigenvalue weighted by molar-refractivity contribution is 6.30. The molecule has 0 atom stereocenters. The second kappa shape index (κ2) is 5.56. The molecule has 0 unspecified atom stereocenters. The summed E-state index contributed by atoms with van der Waals surface area (Å²) in [5.74, 6) is -0.0782. The molecule has 2 aromatic rings. The summed E-state index contributed by atoms with van der Waals surface area (Å²) >= 11 is 5.91. The predicted molar refractivity (Wildman–Crippen MR) is 75.5 cm³/mol. The normalized spacial score (nSPS) is 9.89. The minimum absolute atomic E-state index is 0.0782. The highest BCUT2D eigenvalue weighted by Crippen LogP contribution is 2.21. The van der Waals surface area contributed by atoms with E-state index in [1.807, 2.05) is 48.5 Å². The van der Waals surface area contributed by atoms with Gasteiger partial charge in [-0.1, -0.05) is 17.7 Å².